The molecule has 4 heteroatoms. The van der Waals surface area contributed by atoms with E-state index < -0.39 is 0 Å². The molecule has 22 aromatic rings. The Balaban J connectivity index is 0.500. The van der Waals surface area contributed by atoms with E-state index >= 15 is 0 Å². The summed E-state index contributed by atoms with van der Waals surface area (Å²) in [5.74, 6) is 0. The highest BCUT2D eigenvalue weighted by atomic mass is 15.2. The molecule has 0 saturated heterocycles. The van der Waals surface area contributed by atoms with E-state index in [1.807, 2.05) is 0 Å². The molecule has 0 unspecified atom stereocenters. The molecule has 0 aliphatic heterocycles. The van der Waals surface area contributed by atoms with Crippen molar-refractivity contribution in [2.75, 3.05) is 19.6 Å². The molecule has 0 amide bonds. The fraction of sp³-hybridized carbons (Fsp3) is 0.0462. The first-order chi connectivity index (χ1) is 65.9. The van der Waals surface area contributed by atoms with E-state index in [2.05, 4.69) is 545 Å². The van der Waals surface area contributed by atoms with E-state index in [1.54, 1.807) is 0 Å². The molecule has 0 aromatic heterocycles. The third kappa shape index (κ3) is 14.6. The zero-order valence-electron chi connectivity index (χ0n) is 75.1. The predicted octanol–water partition coefficient (Wildman–Crippen LogP) is 36.5. The summed E-state index contributed by atoms with van der Waals surface area (Å²) in [6, 6.07) is 184. The second kappa shape index (κ2) is 33.2. The van der Waals surface area contributed by atoms with Crippen LogP contribution in [0.15, 0.2) is 497 Å². The molecule has 0 atom stereocenters. The molecular formula is C130H94N4. The summed E-state index contributed by atoms with van der Waals surface area (Å²) < 4.78 is 0. The maximum atomic E-state index is 2.45. The minimum Gasteiger partial charge on any atom is -0.310 e. The molecule has 0 saturated carbocycles. The zero-order valence-corrected chi connectivity index (χ0v) is 75.1. The van der Waals surface area contributed by atoms with Crippen LogP contribution < -0.4 is 19.6 Å². The molecule has 0 heterocycles. The number of rotatable bonds is 19. The van der Waals surface area contributed by atoms with Crippen LogP contribution >= 0.6 is 0 Å². The van der Waals surface area contributed by atoms with Gasteiger partial charge in [-0.15, -0.1) is 0 Å². The number of benzene rings is 22. The maximum absolute atomic E-state index is 2.45. The molecule has 22 aromatic carbocycles. The highest BCUT2D eigenvalue weighted by molar-refractivity contribution is 6.00. The molecule has 134 heavy (non-hydrogen) atoms. The summed E-state index contributed by atoms with van der Waals surface area (Å²) in [4.78, 5) is 9.71. The third-order valence-electron chi connectivity index (χ3n) is 28.2. The molecule has 0 fully saturated rings. The van der Waals surface area contributed by atoms with Gasteiger partial charge in [0.05, 0.1) is 0 Å². The van der Waals surface area contributed by atoms with Crippen LogP contribution in [0.2, 0.25) is 0 Å². The lowest BCUT2D eigenvalue weighted by Crippen LogP contribution is -2.17. The second-order valence-corrected chi connectivity index (χ2v) is 36.8. The van der Waals surface area contributed by atoms with Gasteiger partial charge in [0.15, 0.2) is 0 Å². The lowest BCUT2D eigenvalue weighted by atomic mass is 9.82. The summed E-state index contributed by atoms with van der Waals surface area (Å²) in [6.45, 7) is 9.60. The molecule has 634 valence electrons. The van der Waals surface area contributed by atoms with E-state index in [4.69, 9.17) is 0 Å². The predicted molar refractivity (Wildman–Crippen MR) is 568 cm³/mol. The summed E-state index contributed by atoms with van der Waals surface area (Å²) in [5, 5.41) is 9.81. The van der Waals surface area contributed by atoms with Gasteiger partial charge < -0.3 is 19.6 Å². The summed E-state index contributed by atoms with van der Waals surface area (Å²) >= 11 is 0. The van der Waals surface area contributed by atoms with Gasteiger partial charge in [-0.25, -0.2) is 0 Å². The Bertz CT molecular complexity index is 8180. The van der Waals surface area contributed by atoms with E-state index in [-0.39, 0.29) is 10.8 Å². The number of fused-ring (bicyclic) bond motifs is 10. The van der Waals surface area contributed by atoms with Gasteiger partial charge in [-0.05, 0) is 317 Å². The normalized spacial score (nSPS) is 12.6. The van der Waals surface area contributed by atoms with E-state index in [9.17, 15) is 0 Å². The summed E-state index contributed by atoms with van der Waals surface area (Å²) in [5.41, 5.74) is 39.2. The Labute approximate surface area is 783 Å². The maximum Gasteiger partial charge on any atom is 0.0468 e. The Hall–Kier alpha value is -16.9. The minimum atomic E-state index is -0.338. The second-order valence-electron chi connectivity index (χ2n) is 36.8. The molecule has 24 rings (SSSR count). The zero-order chi connectivity index (χ0) is 89.5. The minimum absolute atomic E-state index is 0.337. The molecule has 0 N–H and O–H groups in total. The lowest BCUT2D eigenvalue weighted by molar-refractivity contribution is 0.660. The van der Waals surface area contributed by atoms with Gasteiger partial charge in [-0.3, -0.25) is 0 Å². The van der Waals surface area contributed by atoms with E-state index in [0.717, 1.165) is 102 Å². The fourth-order valence-corrected chi connectivity index (χ4v) is 21.0. The highest BCUT2D eigenvalue weighted by Crippen LogP contribution is 2.56. The average molecular weight is 1710 g/mol. The van der Waals surface area contributed by atoms with Crippen LogP contribution in [0.4, 0.5) is 68.2 Å². The first-order valence-corrected chi connectivity index (χ1v) is 46.5. The van der Waals surface area contributed by atoms with Crippen molar-refractivity contribution in [2.45, 2.75) is 38.5 Å². The van der Waals surface area contributed by atoms with Crippen LogP contribution in [-0.2, 0) is 10.8 Å². The summed E-state index contributed by atoms with van der Waals surface area (Å²) in [6.07, 6.45) is 0. The number of anilines is 12. The van der Waals surface area contributed by atoms with Crippen molar-refractivity contribution in [3.63, 3.8) is 0 Å². The van der Waals surface area contributed by atoms with Gasteiger partial charge in [-0.1, -0.05) is 373 Å². The van der Waals surface area contributed by atoms with Gasteiger partial charge in [0.1, 0.15) is 0 Å². The van der Waals surface area contributed by atoms with Crippen LogP contribution in [0.3, 0.4) is 0 Å². The molecule has 2 aliphatic rings. The fourth-order valence-electron chi connectivity index (χ4n) is 21.0. The molecule has 0 spiro atoms. The average Bonchev–Trinajstić information content (AvgIpc) is 1.57. The number of nitrogens with zero attached hydrogens (tertiary/aromatic N) is 4. The van der Waals surface area contributed by atoms with E-state index in [1.165, 1.54) is 132 Å². The number of hydrogen-bond acceptors (Lipinski definition) is 4. The van der Waals surface area contributed by atoms with Gasteiger partial charge in [0, 0.05) is 79.1 Å². The van der Waals surface area contributed by atoms with Crippen LogP contribution in [0.25, 0.3) is 143 Å². The Kier molecular flexibility index (Phi) is 19.9. The molecular weight excluding hydrogens is 1620 g/mol. The largest absolute Gasteiger partial charge is 0.310 e. The van der Waals surface area contributed by atoms with Crippen molar-refractivity contribution in [1.29, 1.82) is 0 Å². The summed E-state index contributed by atoms with van der Waals surface area (Å²) in [7, 11) is 0. The van der Waals surface area contributed by atoms with Gasteiger partial charge >= 0.3 is 0 Å². The van der Waals surface area contributed by atoms with Crippen molar-refractivity contribution in [3.8, 4) is 100 Å². The SMILES string of the molecule is CC1(C)c2cc(N(c3ccc(-c4ccccc4)cc3)c3ccc(-c4ccc(-c5ccc(-c6ccc(N(c7ccc(-c8ccccc8)cc7)c7ccc8c(c7)C(C)(C)c7cc(N(c9ccc(-c%10cccc%11ccccc%10%11)cc9)c9ccc%10ccccc%10c9)ccc7-8)cc6)cc5)cc4)cc3)ccc2-c2ccc(N(c3ccc(-c4ccc5ccccc5c4)cc3)c3ccc4ccccc4c3)cc21. The molecule has 2 aliphatic carbocycles. The van der Waals surface area contributed by atoms with Crippen molar-refractivity contribution in [1.82, 2.24) is 0 Å². The van der Waals surface area contributed by atoms with Crippen molar-refractivity contribution in [2.24, 2.45) is 0 Å². The van der Waals surface area contributed by atoms with Crippen LogP contribution in [0, 0.1) is 0 Å². The highest BCUT2D eigenvalue weighted by Gasteiger charge is 2.39. The van der Waals surface area contributed by atoms with Crippen LogP contribution in [0.1, 0.15) is 49.9 Å². The Morgan fingerprint density at radius 1 is 0.127 bits per heavy atom. The topological polar surface area (TPSA) is 13.0 Å². The van der Waals surface area contributed by atoms with Gasteiger partial charge in [0.2, 0.25) is 0 Å². The van der Waals surface area contributed by atoms with Crippen molar-refractivity contribution < 1.29 is 0 Å². The first-order valence-electron chi connectivity index (χ1n) is 46.5. The van der Waals surface area contributed by atoms with E-state index in [0.29, 0.717) is 0 Å². The Morgan fingerprint density at radius 2 is 0.336 bits per heavy atom. The monoisotopic (exact) mass is 1710 g/mol. The number of hydrogen-bond donors (Lipinski definition) is 0. The smallest absolute Gasteiger partial charge is 0.0468 e. The molecule has 0 bridgehead atoms. The van der Waals surface area contributed by atoms with Crippen LogP contribution in [-0.4, -0.2) is 0 Å². The van der Waals surface area contributed by atoms with Gasteiger partial charge in [0.25, 0.3) is 0 Å². The Morgan fingerprint density at radius 3 is 0.664 bits per heavy atom. The third-order valence-corrected chi connectivity index (χ3v) is 28.2. The lowest BCUT2D eigenvalue weighted by Gasteiger charge is -2.29. The van der Waals surface area contributed by atoms with Gasteiger partial charge in [-0.2, -0.15) is 0 Å². The van der Waals surface area contributed by atoms with Crippen molar-refractivity contribution >= 4 is 111 Å². The quantitative estimate of drug-likeness (QED) is 0.0800. The molecule has 0 radical (unpaired) electrons. The van der Waals surface area contributed by atoms with Crippen molar-refractivity contribution in [3.05, 3.63) is 520 Å². The van der Waals surface area contributed by atoms with Crippen LogP contribution in [0.5, 0.6) is 0 Å². The standard InChI is InChI=1S/C130H94N4/c1-129(2)125-83-115(72-76-121(125)123-78-74-117(85-127(123)129)133(113-70-54-90-25-12-15-29-104(90)81-113)111-66-52-100(53-67-111)106-43-42-89-24-11-14-28-103(89)80-106)131(107-58-44-96(45-59-107)87-20-7-5-8-21-87)109-62-48-98(49-63-109)94-38-34-92(35-39-94)93-36-40-95(41-37-93)99-50-64-110(65-51-99)132(108-60-46-97(47-61-108)88-22-9-6-10-23-88)116-73-77-122-124-79-75-118(86-128(124)130(3,4)126(122)84-116)134(114-71-55-91-26-13-16-30-105(91)82-114)112-68-56-102(57-69-112)120-33-19-31-101-27-17-18-32-119(101)120/h5-86H,1-4H3. The molecule has 4 nitrogen and oxygen atoms in total. The first kappa shape index (κ1) is 80.4.